The smallest absolute Gasteiger partial charge is 0.416 e. The van der Waals surface area contributed by atoms with Gasteiger partial charge >= 0.3 is 12.1 Å². The summed E-state index contributed by atoms with van der Waals surface area (Å²) < 4.78 is 38.9. The Kier molecular flexibility index (Phi) is 8.64. The van der Waals surface area contributed by atoms with Gasteiger partial charge in [-0.1, -0.05) is 97.1 Å². The SMILES string of the molecule is C[C@H](c1ccccc1)N(Cc1ccccc1)C(CC(=O)O)c1cccc(Cc2ccc(C(F)(F)F)cc2)c1. The van der Waals surface area contributed by atoms with Crippen molar-refractivity contribution in [3.63, 3.8) is 0 Å². The molecule has 38 heavy (non-hydrogen) atoms. The minimum Gasteiger partial charge on any atom is -0.481 e. The number of aliphatic carboxylic acids is 1. The predicted molar refractivity (Wildman–Crippen MR) is 143 cm³/mol. The molecule has 0 heterocycles. The number of carbonyl (C=O) groups is 1. The van der Waals surface area contributed by atoms with E-state index in [1.165, 1.54) is 12.1 Å². The Morgan fingerprint density at radius 3 is 1.95 bits per heavy atom. The van der Waals surface area contributed by atoms with Crippen LogP contribution in [0, 0.1) is 0 Å². The first-order valence-corrected chi connectivity index (χ1v) is 12.5. The van der Waals surface area contributed by atoms with Gasteiger partial charge in [-0.3, -0.25) is 9.69 Å². The van der Waals surface area contributed by atoms with Gasteiger partial charge in [-0.25, -0.2) is 0 Å². The van der Waals surface area contributed by atoms with E-state index in [-0.39, 0.29) is 12.5 Å². The quantitative estimate of drug-likeness (QED) is 0.231. The summed E-state index contributed by atoms with van der Waals surface area (Å²) >= 11 is 0. The highest BCUT2D eigenvalue weighted by molar-refractivity contribution is 5.68. The molecular weight excluding hydrogens is 487 g/mol. The summed E-state index contributed by atoms with van der Waals surface area (Å²) in [7, 11) is 0. The Balaban J connectivity index is 1.68. The molecule has 196 valence electrons. The van der Waals surface area contributed by atoms with Crippen molar-refractivity contribution in [2.24, 2.45) is 0 Å². The van der Waals surface area contributed by atoms with E-state index in [4.69, 9.17) is 0 Å². The van der Waals surface area contributed by atoms with E-state index >= 15 is 0 Å². The van der Waals surface area contributed by atoms with Gasteiger partial charge in [-0.05, 0) is 53.3 Å². The van der Waals surface area contributed by atoms with Crippen LogP contribution in [0.5, 0.6) is 0 Å². The van der Waals surface area contributed by atoms with Gasteiger partial charge in [0.1, 0.15) is 0 Å². The van der Waals surface area contributed by atoms with Crippen LogP contribution < -0.4 is 0 Å². The highest BCUT2D eigenvalue weighted by Crippen LogP contribution is 2.35. The van der Waals surface area contributed by atoms with E-state index in [1.54, 1.807) is 0 Å². The Labute approximate surface area is 221 Å². The predicted octanol–water partition coefficient (Wildman–Crippen LogP) is 8.08. The van der Waals surface area contributed by atoms with E-state index in [0.717, 1.165) is 39.9 Å². The highest BCUT2D eigenvalue weighted by Gasteiger charge is 2.30. The fraction of sp³-hybridized carbons (Fsp3) is 0.219. The largest absolute Gasteiger partial charge is 0.481 e. The molecular formula is C32H30F3NO2. The van der Waals surface area contributed by atoms with Crippen LogP contribution >= 0.6 is 0 Å². The third-order valence-corrected chi connectivity index (χ3v) is 6.78. The van der Waals surface area contributed by atoms with Crippen molar-refractivity contribution in [3.8, 4) is 0 Å². The molecule has 0 spiro atoms. The maximum atomic E-state index is 13.0. The first-order valence-electron chi connectivity index (χ1n) is 12.5. The van der Waals surface area contributed by atoms with Crippen LogP contribution in [-0.2, 0) is 23.9 Å². The van der Waals surface area contributed by atoms with Crippen LogP contribution in [0.2, 0.25) is 0 Å². The highest BCUT2D eigenvalue weighted by atomic mass is 19.4. The first kappa shape index (κ1) is 27.1. The molecule has 4 aromatic carbocycles. The summed E-state index contributed by atoms with van der Waals surface area (Å²) in [4.78, 5) is 14.3. The number of rotatable bonds is 10. The molecule has 0 radical (unpaired) electrons. The number of hydrogen-bond acceptors (Lipinski definition) is 2. The van der Waals surface area contributed by atoms with Crippen molar-refractivity contribution in [1.29, 1.82) is 0 Å². The summed E-state index contributed by atoms with van der Waals surface area (Å²) in [5, 5.41) is 9.89. The number of alkyl halides is 3. The Hall–Kier alpha value is -3.90. The van der Waals surface area contributed by atoms with Crippen LogP contribution in [0.1, 0.15) is 58.8 Å². The fourth-order valence-corrected chi connectivity index (χ4v) is 4.78. The minimum atomic E-state index is -4.37. The zero-order chi connectivity index (χ0) is 27.1. The average Bonchev–Trinajstić information content (AvgIpc) is 2.91. The van der Waals surface area contributed by atoms with Crippen LogP contribution in [0.3, 0.4) is 0 Å². The first-order chi connectivity index (χ1) is 18.2. The maximum Gasteiger partial charge on any atom is 0.416 e. The summed E-state index contributed by atoms with van der Waals surface area (Å²) in [6.07, 6.45) is -4.02. The fourth-order valence-electron chi connectivity index (χ4n) is 4.78. The van der Waals surface area contributed by atoms with Crippen LogP contribution in [0.4, 0.5) is 13.2 Å². The second-order valence-corrected chi connectivity index (χ2v) is 9.47. The molecule has 0 amide bonds. The zero-order valence-electron chi connectivity index (χ0n) is 21.1. The Morgan fingerprint density at radius 1 is 0.763 bits per heavy atom. The van der Waals surface area contributed by atoms with Gasteiger partial charge in [0.2, 0.25) is 0 Å². The molecule has 0 aromatic heterocycles. The maximum absolute atomic E-state index is 13.0. The van der Waals surface area contributed by atoms with Crippen molar-refractivity contribution in [2.75, 3.05) is 0 Å². The molecule has 0 aliphatic rings. The van der Waals surface area contributed by atoms with E-state index in [1.807, 2.05) is 84.9 Å². The van der Waals surface area contributed by atoms with Crippen molar-refractivity contribution in [1.82, 2.24) is 4.90 Å². The van der Waals surface area contributed by atoms with Gasteiger partial charge in [0.15, 0.2) is 0 Å². The molecule has 1 unspecified atom stereocenters. The standard InChI is InChI=1S/C32H30F3NO2/c1-23(27-12-6-3-7-13-27)36(22-25-9-4-2-5-10-25)30(21-31(37)38)28-14-8-11-26(20-28)19-24-15-17-29(18-16-24)32(33,34)35/h2-18,20,23,30H,19,21-22H2,1H3,(H,37,38)/t23-,30?/m1/s1. The Morgan fingerprint density at radius 2 is 1.34 bits per heavy atom. The van der Waals surface area contributed by atoms with Gasteiger partial charge in [0.25, 0.3) is 0 Å². The number of carboxylic acids is 1. The minimum absolute atomic E-state index is 0.0701. The summed E-state index contributed by atoms with van der Waals surface area (Å²) in [6, 6.07) is 32.3. The number of carboxylic acid groups (broad SMARTS) is 1. The van der Waals surface area contributed by atoms with E-state index < -0.39 is 23.8 Å². The van der Waals surface area contributed by atoms with E-state index in [9.17, 15) is 23.1 Å². The molecule has 0 aliphatic heterocycles. The van der Waals surface area contributed by atoms with Crippen molar-refractivity contribution >= 4 is 5.97 Å². The van der Waals surface area contributed by atoms with Crippen molar-refractivity contribution in [3.05, 3.63) is 143 Å². The second kappa shape index (κ2) is 12.1. The summed E-state index contributed by atoms with van der Waals surface area (Å²) in [5.74, 6) is -0.901. The number of nitrogens with zero attached hydrogens (tertiary/aromatic N) is 1. The molecule has 3 nitrogen and oxygen atoms in total. The van der Waals surface area contributed by atoms with Gasteiger partial charge in [0.05, 0.1) is 12.0 Å². The Bertz CT molecular complexity index is 1320. The molecule has 0 saturated heterocycles. The molecule has 6 heteroatoms. The van der Waals surface area contributed by atoms with Crippen molar-refractivity contribution < 1.29 is 23.1 Å². The summed E-state index contributed by atoms with van der Waals surface area (Å²) in [6.45, 7) is 2.64. The van der Waals surface area contributed by atoms with Gasteiger partial charge in [-0.2, -0.15) is 13.2 Å². The molecule has 1 N–H and O–H groups in total. The molecule has 4 rings (SSSR count). The van der Waals surface area contributed by atoms with Crippen LogP contribution in [0.15, 0.2) is 109 Å². The lowest BCUT2D eigenvalue weighted by atomic mass is 9.94. The van der Waals surface area contributed by atoms with Crippen LogP contribution in [0.25, 0.3) is 0 Å². The summed E-state index contributed by atoms with van der Waals surface area (Å²) in [5.41, 5.74) is 4.00. The third kappa shape index (κ3) is 7.11. The van der Waals surface area contributed by atoms with Crippen LogP contribution in [-0.4, -0.2) is 16.0 Å². The molecule has 2 atom stereocenters. The number of halogens is 3. The topological polar surface area (TPSA) is 40.5 Å². The zero-order valence-corrected chi connectivity index (χ0v) is 21.1. The van der Waals surface area contributed by atoms with E-state index in [2.05, 4.69) is 11.8 Å². The molecule has 0 bridgehead atoms. The second-order valence-electron chi connectivity index (χ2n) is 9.47. The monoisotopic (exact) mass is 517 g/mol. The van der Waals surface area contributed by atoms with Gasteiger partial charge in [-0.15, -0.1) is 0 Å². The number of benzene rings is 4. The molecule has 0 fully saturated rings. The molecule has 0 saturated carbocycles. The number of hydrogen-bond donors (Lipinski definition) is 1. The molecule has 0 aliphatic carbocycles. The molecule has 4 aromatic rings. The van der Waals surface area contributed by atoms with Gasteiger partial charge < -0.3 is 5.11 Å². The van der Waals surface area contributed by atoms with E-state index in [0.29, 0.717) is 13.0 Å². The average molecular weight is 518 g/mol. The van der Waals surface area contributed by atoms with Crippen molar-refractivity contribution in [2.45, 2.75) is 44.6 Å². The lowest BCUT2D eigenvalue weighted by molar-refractivity contribution is -0.139. The normalized spacial score (nSPS) is 13.3. The third-order valence-electron chi connectivity index (χ3n) is 6.78. The lowest BCUT2D eigenvalue weighted by Gasteiger charge is -2.37. The lowest BCUT2D eigenvalue weighted by Crippen LogP contribution is -2.32. The van der Waals surface area contributed by atoms with Gasteiger partial charge in [0, 0.05) is 18.6 Å².